The highest BCUT2D eigenvalue weighted by atomic mass is 16.5. The normalized spacial score (nSPS) is 16.0. The van der Waals surface area contributed by atoms with Crippen LogP contribution in [0.4, 0.5) is 0 Å². The maximum Gasteiger partial charge on any atom is 0.128 e. The summed E-state index contributed by atoms with van der Waals surface area (Å²) in [4.78, 5) is 5.24. The molecule has 2 unspecified atom stereocenters. The van der Waals surface area contributed by atoms with Crippen LogP contribution in [0, 0.1) is 0 Å². The molecule has 2 aromatic heterocycles. The summed E-state index contributed by atoms with van der Waals surface area (Å²) >= 11 is 0. The van der Waals surface area contributed by atoms with Gasteiger partial charge in [0.15, 0.2) is 0 Å². The predicted molar refractivity (Wildman–Crippen MR) is 223 cm³/mol. The third-order valence-electron chi connectivity index (χ3n) is 11.2. The van der Waals surface area contributed by atoms with Gasteiger partial charge >= 0.3 is 0 Å². The minimum absolute atomic E-state index is 0.0383. The number of pyridine rings is 1. The van der Waals surface area contributed by atoms with Gasteiger partial charge in [-0.1, -0.05) is 140 Å². The van der Waals surface area contributed by atoms with Crippen molar-refractivity contribution < 1.29 is 4.74 Å². The number of hydrogen-bond acceptors (Lipinski definition) is 2. The molecule has 0 bridgehead atoms. The molecule has 54 heavy (non-hydrogen) atoms. The fourth-order valence-corrected chi connectivity index (χ4v) is 8.63. The lowest BCUT2D eigenvalue weighted by atomic mass is 9.82. The van der Waals surface area contributed by atoms with E-state index < -0.39 is 0 Å². The maximum absolute atomic E-state index is 6.81. The first-order valence-corrected chi connectivity index (χ1v) is 18.6. The first-order valence-electron chi connectivity index (χ1n) is 18.6. The minimum Gasteiger partial charge on any atom is -0.485 e. The molecule has 0 N–H and O–H groups in total. The Hall–Kier alpha value is -6.97. The lowest BCUT2D eigenvalue weighted by molar-refractivity contribution is 0.271. The number of ether oxygens (including phenoxy) is 1. The smallest absolute Gasteiger partial charge is 0.128 e. The highest BCUT2D eigenvalue weighted by Crippen LogP contribution is 2.49. The molecule has 1 aliphatic carbocycles. The van der Waals surface area contributed by atoms with E-state index in [1.165, 1.54) is 66.3 Å². The zero-order chi connectivity index (χ0) is 35.6. The van der Waals surface area contributed by atoms with Gasteiger partial charge in [-0.2, -0.15) is 0 Å². The van der Waals surface area contributed by atoms with Crippen LogP contribution in [0.3, 0.4) is 0 Å². The van der Waals surface area contributed by atoms with Crippen LogP contribution in [0.15, 0.2) is 194 Å². The Morgan fingerprint density at radius 3 is 1.78 bits per heavy atom. The molecule has 3 nitrogen and oxygen atoms in total. The molecule has 0 saturated carbocycles. The topological polar surface area (TPSA) is 27.1 Å². The molecule has 3 heteroatoms. The fourth-order valence-electron chi connectivity index (χ4n) is 8.63. The van der Waals surface area contributed by atoms with Gasteiger partial charge in [-0.3, -0.25) is 0 Å². The summed E-state index contributed by atoms with van der Waals surface area (Å²) < 4.78 is 9.21. The number of rotatable bonds is 5. The number of para-hydroxylation sites is 1. The molecular weight excluding hydrogens is 657 g/mol. The van der Waals surface area contributed by atoms with Crippen molar-refractivity contribution in [1.82, 2.24) is 9.55 Å². The van der Waals surface area contributed by atoms with Crippen molar-refractivity contribution in [2.24, 2.45) is 0 Å². The largest absolute Gasteiger partial charge is 0.485 e. The third kappa shape index (κ3) is 4.93. The van der Waals surface area contributed by atoms with Crippen molar-refractivity contribution >= 4 is 38.3 Å². The van der Waals surface area contributed by atoms with E-state index in [9.17, 15) is 0 Å². The molecule has 0 radical (unpaired) electrons. The van der Waals surface area contributed by atoms with Crippen LogP contribution in [0.5, 0.6) is 5.75 Å². The molecule has 0 saturated heterocycles. The maximum atomic E-state index is 6.81. The highest BCUT2D eigenvalue weighted by Gasteiger charge is 2.38. The first-order chi connectivity index (χ1) is 26.8. The second-order valence-corrected chi connectivity index (χ2v) is 14.3. The highest BCUT2D eigenvalue weighted by molar-refractivity contribution is 6.11. The monoisotopic (exact) mass is 690 g/mol. The second kappa shape index (κ2) is 12.3. The van der Waals surface area contributed by atoms with E-state index in [1.807, 2.05) is 0 Å². The molecule has 3 heterocycles. The van der Waals surface area contributed by atoms with Crippen LogP contribution in [0.25, 0.3) is 77.3 Å². The molecule has 0 fully saturated rings. The van der Waals surface area contributed by atoms with Crippen molar-refractivity contribution in [1.29, 1.82) is 0 Å². The number of hydrogen-bond donors (Lipinski definition) is 0. The Labute approximate surface area is 313 Å². The average Bonchev–Trinajstić information content (AvgIpc) is 3.79. The van der Waals surface area contributed by atoms with Gasteiger partial charge in [0, 0.05) is 33.5 Å². The van der Waals surface area contributed by atoms with E-state index in [4.69, 9.17) is 9.72 Å². The van der Waals surface area contributed by atoms with Gasteiger partial charge in [-0.15, -0.1) is 0 Å². The number of nitrogens with zero attached hydrogens (tertiary/aromatic N) is 2. The molecule has 1 aliphatic heterocycles. The third-order valence-corrected chi connectivity index (χ3v) is 11.2. The van der Waals surface area contributed by atoms with Crippen molar-refractivity contribution in [3.63, 3.8) is 0 Å². The summed E-state index contributed by atoms with van der Waals surface area (Å²) in [5.74, 6) is 0.956. The van der Waals surface area contributed by atoms with Crippen LogP contribution in [-0.4, -0.2) is 15.7 Å². The number of aromatic nitrogens is 2. The van der Waals surface area contributed by atoms with Crippen LogP contribution in [-0.2, 0) is 0 Å². The van der Waals surface area contributed by atoms with Crippen LogP contribution in [0.1, 0.15) is 17.2 Å². The predicted octanol–water partition coefficient (Wildman–Crippen LogP) is 12.8. The van der Waals surface area contributed by atoms with E-state index >= 15 is 0 Å². The first kappa shape index (κ1) is 30.6. The molecule has 0 amide bonds. The summed E-state index contributed by atoms with van der Waals surface area (Å²) in [6.07, 6.45) is 6.43. The van der Waals surface area contributed by atoms with E-state index in [-0.39, 0.29) is 12.0 Å². The summed E-state index contributed by atoms with van der Waals surface area (Å²) in [6, 6.07) is 63.1. The van der Waals surface area contributed by atoms with E-state index in [0.29, 0.717) is 0 Å². The molecule has 2 atom stereocenters. The molecule has 254 valence electrons. The summed E-state index contributed by atoms with van der Waals surface area (Å²) in [6.45, 7) is 0. The molecule has 11 rings (SSSR count). The van der Waals surface area contributed by atoms with Gasteiger partial charge in [0.25, 0.3) is 0 Å². The summed E-state index contributed by atoms with van der Waals surface area (Å²) in [5, 5.41) is 3.61. The summed E-state index contributed by atoms with van der Waals surface area (Å²) in [7, 11) is 0. The Balaban J connectivity index is 1.04. The zero-order valence-electron chi connectivity index (χ0n) is 29.4. The Bertz CT molecular complexity index is 2860. The van der Waals surface area contributed by atoms with Crippen molar-refractivity contribution in [3.05, 3.63) is 205 Å². The number of benzene rings is 7. The molecule has 9 aromatic rings. The average molecular weight is 691 g/mol. The molecule has 7 aromatic carbocycles. The summed E-state index contributed by atoms with van der Waals surface area (Å²) in [5.41, 5.74) is 15.0. The van der Waals surface area contributed by atoms with Crippen molar-refractivity contribution in [2.75, 3.05) is 0 Å². The van der Waals surface area contributed by atoms with Gasteiger partial charge in [0.05, 0.1) is 28.2 Å². The van der Waals surface area contributed by atoms with Gasteiger partial charge in [0.2, 0.25) is 0 Å². The van der Waals surface area contributed by atoms with Gasteiger partial charge in [0.1, 0.15) is 11.9 Å². The fraction of sp³-hybridized carbons (Fsp3) is 0.0392. The van der Waals surface area contributed by atoms with Crippen molar-refractivity contribution in [3.8, 4) is 44.8 Å². The lowest BCUT2D eigenvalue weighted by Crippen LogP contribution is -2.19. The standard InChI is InChI=1S/C51H34N2O/c1-4-13-33(14-5-1)36-23-27-47-43(29-36)44-30-37(34-15-6-2-7-16-34)24-28-48(44)53(47)38-25-26-41-50(31-38)54-49-22-12-20-40(51(41)49)46-32-42(35-17-8-3-9-18-35)39-19-10-11-21-45(39)52-46/h1-32,49,51H. The van der Waals surface area contributed by atoms with E-state index in [1.54, 1.807) is 0 Å². The van der Waals surface area contributed by atoms with Gasteiger partial charge < -0.3 is 9.30 Å². The Morgan fingerprint density at radius 1 is 0.500 bits per heavy atom. The zero-order valence-corrected chi connectivity index (χ0v) is 29.4. The Morgan fingerprint density at radius 2 is 1.11 bits per heavy atom. The van der Waals surface area contributed by atoms with Crippen LogP contribution < -0.4 is 4.74 Å². The molecule has 2 aliphatic rings. The Kier molecular flexibility index (Phi) is 6.99. The van der Waals surface area contributed by atoms with E-state index in [0.717, 1.165) is 28.0 Å². The van der Waals surface area contributed by atoms with E-state index in [2.05, 4.69) is 199 Å². The lowest BCUT2D eigenvalue weighted by Gasteiger charge is -2.23. The number of fused-ring (bicyclic) bond motifs is 7. The number of allylic oxidation sites excluding steroid dienone is 2. The van der Waals surface area contributed by atoms with Gasteiger partial charge in [-0.25, -0.2) is 4.98 Å². The molecule has 0 spiro atoms. The van der Waals surface area contributed by atoms with Crippen LogP contribution in [0.2, 0.25) is 0 Å². The minimum atomic E-state index is -0.108. The second-order valence-electron chi connectivity index (χ2n) is 14.3. The quantitative estimate of drug-likeness (QED) is 0.180. The van der Waals surface area contributed by atoms with Crippen molar-refractivity contribution in [2.45, 2.75) is 12.0 Å². The van der Waals surface area contributed by atoms with Gasteiger partial charge in [-0.05, 0) is 87.5 Å². The SMILES string of the molecule is C1=CC2Oc3cc(-n4c5ccc(-c6ccccc6)cc5c5cc(-c6ccccc6)ccc54)ccc3C2C(c2cc(-c3ccccc3)c3ccccc3n2)=C1. The van der Waals surface area contributed by atoms with Crippen LogP contribution >= 0.6 is 0 Å². The molecular formula is C51H34N2O.